The van der Waals surface area contributed by atoms with Gasteiger partial charge in [-0.25, -0.2) is 5.11 Å². The summed E-state index contributed by atoms with van der Waals surface area (Å²) in [5.41, 5.74) is 0. The van der Waals surface area contributed by atoms with Crippen LogP contribution in [0, 0.1) is 0 Å². The van der Waals surface area contributed by atoms with Gasteiger partial charge in [-0.1, -0.05) is 0 Å². The summed E-state index contributed by atoms with van der Waals surface area (Å²) in [5, 5.41) is 9.99. The van der Waals surface area contributed by atoms with E-state index in [4.69, 9.17) is 9.47 Å². The van der Waals surface area contributed by atoms with Gasteiger partial charge in [-0.05, 0) is 13.8 Å². The minimum Gasteiger partial charge on any atom is -0.375 e. The average molecular weight is 218 g/mol. The molecule has 1 rings (SSSR count). The number of hydrogen-bond donors (Lipinski definition) is 0. The van der Waals surface area contributed by atoms with Crippen LogP contribution in [-0.2, 0) is 19.3 Å². The molecule has 0 saturated carbocycles. The van der Waals surface area contributed by atoms with Crippen LogP contribution in [0.15, 0.2) is 0 Å². The van der Waals surface area contributed by atoms with E-state index in [0.29, 0.717) is 26.0 Å². The molecule has 0 bridgehead atoms. The van der Waals surface area contributed by atoms with E-state index in [1.165, 1.54) is 0 Å². The first-order valence-corrected chi connectivity index (χ1v) is 5.33. The van der Waals surface area contributed by atoms with Crippen molar-refractivity contribution in [2.75, 3.05) is 39.8 Å². The molecule has 1 radical (unpaired) electrons. The third-order valence-electron chi connectivity index (χ3n) is 2.29. The molecule has 5 heteroatoms. The van der Waals surface area contributed by atoms with E-state index in [1.807, 2.05) is 6.92 Å². The highest BCUT2D eigenvalue weighted by Gasteiger charge is 2.20. The predicted octanol–water partition coefficient (Wildman–Crippen LogP) is 0.474. The van der Waals surface area contributed by atoms with Gasteiger partial charge in [0.15, 0.2) is 6.79 Å². The van der Waals surface area contributed by atoms with Crippen molar-refractivity contribution in [2.24, 2.45) is 0 Å². The van der Waals surface area contributed by atoms with Gasteiger partial charge in [-0.2, -0.15) is 0 Å². The standard InChI is InChI=1S/C10H20NO4/c1-9(14-4-3-13-8-12)5-11-6-10(2)15-7-11/h9-10H,3-8H2,1-2H3. The summed E-state index contributed by atoms with van der Waals surface area (Å²) >= 11 is 0. The van der Waals surface area contributed by atoms with Crippen molar-refractivity contribution in [3.05, 3.63) is 0 Å². The normalized spacial score (nSPS) is 24.6. The van der Waals surface area contributed by atoms with Crippen LogP contribution in [0.4, 0.5) is 0 Å². The largest absolute Gasteiger partial charge is 0.375 e. The minimum atomic E-state index is -0.491. The molecule has 15 heavy (non-hydrogen) atoms. The molecule has 0 amide bonds. The average Bonchev–Trinajstić information content (AvgIpc) is 2.59. The van der Waals surface area contributed by atoms with Crippen molar-refractivity contribution in [1.29, 1.82) is 0 Å². The molecule has 0 aliphatic carbocycles. The van der Waals surface area contributed by atoms with Gasteiger partial charge in [-0.15, -0.1) is 0 Å². The SMILES string of the molecule is CC(CN1COC(C)C1)OCCOC[O]. The molecule has 0 aromatic heterocycles. The van der Waals surface area contributed by atoms with Crippen LogP contribution in [0.1, 0.15) is 13.8 Å². The molecule has 2 unspecified atom stereocenters. The molecular weight excluding hydrogens is 198 g/mol. The molecule has 1 aliphatic rings. The Hall–Kier alpha value is -0.200. The van der Waals surface area contributed by atoms with Gasteiger partial charge < -0.3 is 14.2 Å². The zero-order valence-electron chi connectivity index (χ0n) is 9.48. The molecule has 1 fully saturated rings. The molecular formula is C10H20NO4. The first-order valence-electron chi connectivity index (χ1n) is 5.33. The quantitative estimate of drug-likeness (QED) is 0.460. The number of ether oxygens (including phenoxy) is 3. The summed E-state index contributed by atoms with van der Waals surface area (Å²) in [6, 6.07) is 0. The maximum absolute atomic E-state index is 9.99. The van der Waals surface area contributed by atoms with Crippen LogP contribution < -0.4 is 0 Å². The summed E-state index contributed by atoms with van der Waals surface area (Å²) in [6.45, 7) is 6.95. The zero-order chi connectivity index (χ0) is 11.1. The van der Waals surface area contributed by atoms with E-state index in [1.54, 1.807) is 0 Å². The Kier molecular flexibility index (Phi) is 6.12. The summed E-state index contributed by atoms with van der Waals surface area (Å²) < 4.78 is 15.5. The Morgan fingerprint density at radius 3 is 2.93 bits per heavy atom. The first-order chi connectivity index (χ1) is 7.22. The number of rotatable bonds is 7. The summed E-state index contributed by atoms with van der Waals surface area (Å²) in [6.07, 6.45) is 0.468. The van der Waals surface area contributed by atoms with Crippen molar-refractivity contribution >= 4 is 0 Å². The lowest BCUT2D eigenvalue weighted by atomic mass is 10.3. The number of nitrogens with zero attached hydrogens (tertiary/aromatic N) is 1. The third kappa shape index (κ3) is 5.44. The Morgan fingerprint density at radius 1 is 1.53 bits per heavy atom. The highest BCUT2D eigenvalue weighted by molar-refractivity contribution is 4.68. The molecule has 0 spiro atoms. The second kappa shape index (κ2) is 7.14. The molecule has 5 nitrogen and oxygen atoms in total. The predicted molar refractivity (Wildman–Crippen MR) is 53.9 cm³/mol. The summed E-state index contributed by atoms with van der Waals surface area (Å²) in [4.78, 5) is 2.21. The lowest BCUT2D eigenvalue weighted by molar-refractivity contribution is -0.0728. The Bertz CT molecular complexity index is 168. The lowest BCUT2D eigenvalue weighted by Gasteiger charge is -2.19. The van der Waals surface area contributed by atoms with Crippen LogP contribution in [0.2, 0.25) is 0 Å². The fraction of sp³-hybridized carbons (Fsp3) is 1.00. The minimum absolute atomic E-state index is 0.147. The van der Waals surface area contributed by atoms with E-state index < -0.39 is 6.79 Å². The Labute approximate surface area is 90.9 Å². The Morgan fingerprint density at radius 2 is 2.33 bits per heavy atom. The molecule has 89 valence electrons. The van der Waals surface area contributed by atoms with Crippen molar-refractivity contribution in [2.45, 2.75) is 26.1 Å². The van der Waals surface area contributed by atoms with E-state index in [-0.39, 0.29) is 6.10 Å². The lowest BCUT2D eigenvalue weighted by Crippen LogP contribution is -2.31. The molecule has 1 heterocycles. The third-order valence-corrected chi connectivity index (χ3v) is 2.29. The van der Waals surface area contributed by atoms with Crippen molar-refractivity contribution in [1.82, 2.24) is 4.90 Å². The van der Waals surface area contributed by atoms with E-state index in [0.717, 1.165) is 13.1 Å². The second-order valence-electron chi connectivity index (χ2n) is 3.85. The highest BCUT2D eigenvalue weighted by Crippen LogP contribution is 2.08. The highest BCUT2D eigenvalue weighted by atomic mass is 16.6. The van der Waals surface area contributed by atoms with Crippen LogP contribution in [-0.4, -0.2) is 56.9 Å². The summed E-state index contributed by atoms with van der Waals surface area (Å²) in [7, 11) is 0. The van der Waals surface area contributed by atoms with Gasteiger partial charge in [-0.3, -0.25) is 4.90 Å². The molecule has 0 aromatic carbocycles. The van der Waals surface area contributed by atoms with Crippen LogP contribution in [0.5, 0.6) is 0 Å². The van der Waals surface area contributed by atoms with Crippen molar-refractivity contribution in [3.8, 4) is 0 Å². The molecule has 1 aliphatic heterocycles. The molecule has 1 saturated heterocycles. The first kappa shape index (κ1) is 12.9. The van der Waals surface area contributed by atoms with Crippen LogP contribution in [0.25, 0.3) is 0 Å². The van der Waals surface area contributed by atoms with Crippen LogP contribution in [0.3, 0.4) is 0 Å². The second-order valence-corrected chi connectivity index (χ2v) is 3.85. The zero-order valence-corrected chi connectivity index (χ0v) is 9.48. The molecule has 0 N–H and O–H groups in total. The van der Waals surface area contributed by atoms with E-state index >= 15 is 0 Å². The fourth-order valence-electron chi connectivity index (χ4n) is 1.61. The van der Waals surface area contributed by atoms with E-state index in [9.17, 15) is 5.11 Å². The smallest absolute Gasteiger partial charge is 0.180 e. The van der Waals surface area contributed by atoms with Gasteiger partial charge in [0.25, 0.3) is 0 Å². The maximum atomic E-state index is 9.99. The van der Waals surface area contributed by atoms with Crippen LogP contribution >= 0.6 is 0 Å². The van der Waals surface area contributed by atoms with Crippen molar-refractivity contribution < 1.29 is 19.3 Å². The van der Waals surface area contributed by atoms with Gasteiger partial charge in [0, 0.05) is 13.1 Å². The van der Waals surface area contributed by atoms with Crippen molar-refractivity contribution in [3.63, 3.8) is 0 Å². The molecule has 0 aromatic rings. The monoisotopic (exact) mass is 218 g/mol. The van der Waals surface area contributed by atoms with Gasteiger partial charge in [0.1, 0.15) is 0 Å². The van der Waals surface area contributed by atoms with Gasteiger partial charge >= 0.3 is 0 Å². The summed E-state index contributed by atoms with van der Waals surface area (Å²) in [5.74, 6) is 0. The number of hydrogen-bond acceptors (Lipinski definition) is 4. The molecule has 2 atom stereocenters. The van der Waals surface area contributed by atoms with Gasteiger partial charge in [0.05, 0.1) is 32.2 Å². The fourth-order valence-corrected chi connectivity index (χ4v) is 1.61. The Balaban J connectivity index is 2.00. The van der Waals surface area contributed by atoms with Gasteiger partial charge in [0.2, 0.25) is 0 Å². The van der Waals surface area contributed by atoms with E-state index in [2.05, 4.69) is 16.6 Å². The maximum Gasteiger partial charge on any atom is 0.180 e. The topological polar surface area (TPSA) is 50.8 Å².